The summed E-state index contributed by atoms with van der Waals surface area (Å²) in [5.41, 5.74) is -0.856. The Hall–Kier alpha value is -1.27. The summed E-state index contributed by atoms with van der Waals surface area (Å²) in [7, 11) is 0. The van der Waals surface area contributed by atoms with E-state index in [1.54, 1.807) is 13.0 Å². The van der Waals surface area contributed by atoms with Gasteiger partial charge < -0.3 is 4.74 Å². The summed E-state index contributed by atoms with van der Waals surface area (Å²) < 4.78 is 5.10. The molecule has 1 aliphatic heterocycles. The molecule has 0 saturated carbocycles. The lowest BCUT2D eigenvalue weighted by Gasteiger charge is -2.18. The molecule has 1 atom stereocenters. The van der Waals surface area contributed by atoms with Gasteiger partial charge in [-0.3, -0.25) is 9.69 Å². The Balaban J connectivity index is 2.50. The molecule has 0 N–H and O–H groups in total. The van der Waals surface area contributed by atoms with Crippen LogP contribution in [0.2, 0.25) is 0 Å². The van der Waals surface area contributed by atoms with Crippen molar-refractivity contribution in [3.05, 3.63) is 12.7 Å². The lowest BCUT2D eigenvalue weighted by molar-refractivity contribution is -0.147. The van der Waals surface area contributed by atoms with Gasteiger partial charge in [0.15, 0.2) is 5.60 Å². The van der Waals surface area contributed by atoms with Gasteiger partial charge in [-0.15, -0.1) is 0 Å². The number of likely N-dealkylation sites (tertiary alicyclic amines) is 1. The maximum Gasteiger partial charge on any atom is 0.304 e. The highest BCUT2D eigenvalue weighted by Gasteiger charge is 2.20. The van der Waals surface area contributed by atoms with Gasteiger partial charge >= 0.3 is 5.97 Å². The minimum atomic E-state index is -0.856. The molecule has 1 heterocycles. The number of rotatable bonds is 3. The van der Waals surface area contributed by atoms with E-state index in [9.17, 15) is 4.79 Å². The maximum atomic E-state index is 10.9. The van der Waals surface area contributed by atoms with Crippen molar-refractivity contribution >= 4 is 5.97 Å². The molecule has 0 bridgehead atoms. The van der Waals surface area contributed by atoms with Crippen molar-refractivity contribution in [2.75, 3.05) is 19.6 Å². The minimum absolute atomic E-state index is 0.335. The molecule has 0 amide bonds. The Labute approximate surface area is 97.5 Å². The zero-order chi connectivity index (χ0) is 12.0. The van der Waals surface area contributed by atoms with Crippen LogP contribution in [0.3, 0.4) is 0 Å². The molecule has 1 rings (SSSR count). The molecule has 16 heavy (non-hydrogen) atoms. The van der Waals surface area contributed by atoms with Crippen LogP contribution < -0.4 is 0 Å². The molecule has 0 aliphatic carbocycles. The first kappa shape index (κ1) is 12.8. The zero-order valence-electron chi connectivity index (χ0n) is 10.1. The third kappa shape index (κ3) is 4.08. The van der Waals surface area contributed by atoms with E-state index in [4.69, 9.17) is 4.74 Å². The molecular weight excluding hydrogens is 202 g/mol. The number of esters is 1. The van der Waals surface area contributed by atoms with E-state index in [2.05, 4.69) is 23.3 Å². The first-order valence-electron chi connectivity index (χ1n) is 5.61. The van der Waals surface area contributed by atoms with Gasteiger partial charge in [-0.1, -0.05) is 12.5 Å². The molecule has 1 fully saturated rings. The SMILES string of the molecule is C=C[C@](C)(C#CCN1CCCC1)OC(C)=O. The van der Waals surface area contributed by atoms with Crippen molar-refractivity contribution in [1.29, 1.82) is 0 Å². The fourth-order valence-corrected chi connectivity index (χ4v) is 1.68. The van der Waals surface area contributed by atoms with E-state index in [0.29, 0.717) is 0 Å². The van der Waals surface area contributed by atoms with Gasteiger partial charge in [0.2, 0.25) is 0 Å². The largest absolute Gasteiger partial charge is 0.443 e. The van der Waals surface area contributed by atoms with Crippen LogP contribution in [0.25, 0.3) is 0 Å². The van der Waals surface area contributed by atoms with Crippen LogP contribution in [-0.2, 0) is 9.53 Å². The Kier molecular flexibility index (Phi) is 4.57. The van der Waals surface area contributed by atoms with Crippen molar-refractivity contribution in [2.45, 2.75) is 32.3 Å². The predicted octanol–water partition coefficient (Wildman–Crippen LogP) is 1.59. The van der Waals surface area contributed by atoms with E-state index in [0.717, 1.165) is 19.6 Å². The normalized spacial score (nSPS) is 19.4. The summed E-state index contributed by atoms with van der Waals surface area (Å²) in [6.07, 6.45) is 4.07. The monoisotopic (exact) mass is 221 g/mol. The van der Waals surface area contributed by atoms with E-state index in [1.165, 1.54) is 19.8 Å². The van der Waals surface area contributed by atoms with Crippen molar-refractivity contribution in [2.24, 2.45) is 0 Å². The van der Waals surface area contributed by atoms with Gasteiger partial charge in [-0.2, -0.15) is 0 Å². The van der Waals surface area contributed by atoms with Crippen molar-refractivity contribution in [3.8, 4) is 11.8 Å². The fraction of sp³-hybridized carbons (Fsp3) is 0.615. The average molecular weight is 221 g/mol. The fourth-order valence-electron chi connectivity index (χ4n) is 1.68. The molecule has 0 aromatic heterocycles. The van der Waals surface area contributed by atoms with Gasteiger partial charge in [-0.25, -0.2) is 0 Å². The topological polar surface area (TPSA) is 29.5 Å². The van der Waals surface area contributed by atoms with Crippen LogP contribution in [0.5, 0.6) is 0 Å². The van der Waals surface area contributed by atoms with Gasteiger partial charge in [0.1, 0.15) is 0 Å². The quantitative estimate of drug-likeness (QED) is 0.412. The van der Waals surface area contributed by atoms with Crippen LogP contribution in [0, 0.1) is 11.8 Å². The molecule has 0 aromatic carbocycles. The second kappa shape index (κ2) is 5.72. The molecular formula is C13H19NO2. The first-order chi connectivity index (χ1) is 7.56. The van der Waals surface area contributed by atoms with Gasteiger partial charge in [0, 0.05) is 6.92 Å². The second-order valence-corrected chi connectivity index (χ2v) is 4.19. The molecule has 0 aromatic rings. The lowest BCUT2D eigenvalue weighted by atomic mass is 10.1. The number of carbonyl (C=O) groups excluding carboxylic acids is 1. The molecule has 1 saturated heterocycles. The van der Waals surface area contributed by atoms with Crippen LogP contribution in [0.15, 0.2) is 12.7 Å². The summed E-state index contributed by atoms with van der Waals surface area (Å²) in [5.74, 6) is 5.67. The van der Waals surface area contributed by atoms with Crippen LogP contribution in [0.4, 0.5) is 0 Å². The Morgan fingerprint density at radius 3 is 2.69 bits per heavy atom. The molecule has 0 spiro atoms. The number of carbonyl (C=O) groups is 1. The molecule has 0 unspecified atom stereocenters. The molecule has 1 aliphatic rings. The standard InChI is InChI=1S/C13H19NO2/c1-4-13(3,16-12(2)15)8-7-11-14-9-5-6-10-14/h4H,1,5-6,9-11H2,2-3H3/t13-/m1/s1. The van der Waals surface area contributed by atoms with Gasteiger partial charge in [-0.05, 0) is 44.9 Å². The van der Waals surface area contributed by atoms with Gasteiger partial charge in [0.05, 0.1) is 6.54 Å². The summed E-state index contributed by atoms with van der Waals surface area (Å²) in [5, 5.41) is 0. The Morgan fingerprint density at radius 2 is 2.19 bits per heavy atom. The van der Waals surface area contributed by atoms with Crippen molar-refractivity contribution in [1.82, 2.24) is 4.90 Å². The summed E-state index contributed by atoms with van der Waals surface area (Å²) in [6, 6.07) is 0. The Morgan fingerprint density at radius 1 is 1.56 bits per heavy atom. The first-order valence-corrected chi connectivity index (χ1v) is 5.61. The summed E-state index contributed by atoms with van der Waals surface area (Å²) in [6.45, 7) is 9.75. The maximum absolute atomic E-state index is 10.9. The highest BCUT2D eigenvalue weighted by molar-refractivity contribution is 5.67. The van der Waals surface area contributed by atoms with E-state index in [1.807, 2.05) is 0 Å². The highest BCUT2D eigenvalue weighted by Crippen LogP contribution is 2.11. The van der Waals surface area contributed by atoms with Crippen LogP contribution >= 0.6 is 0 Å². The number of ether oxygens (including phenoxy) is 1. The number of hydrogen-bond acceptors (Lipinski definition) is 3. The third-order valence-electron chi connectivity index (χ3n) is 2.58. The van der Waals surface area contributed by atoms with Gasteiger partial charge in [0.25, 0.3) is 0 Å². The number of nitrogens with zero attached hydrogens (tertiary/aromatic N) is 1. The third-order valence-corrected chi connectivity index (χ3v) is 2.58. The smallest absolute Gasteiger partial charge is 0.304 e. The minimum Gasteiger partial charge on any atom is -0.443 e. The van der Waals surface area contributed by atoms with E-state index < -0.39 is 5.60 Å². The summed E-state index contributed by atoms with van der Waals surface area (Å²) in [4.78, 5) is 13.2. The number of hydrogen-bond donors (Lipinski definition) is 0. The molecule has 0 radical (unpaired) electrons. The second-order valence-electron chi connectivity index (χ2n) is 4.19. The average Bonchev–Trinajstić information content (AvgIpc) is 2.69. The van der Waals surface area contributed by atoms with E-state index in [-0.39, 0.29) is 5.97 Å². The zero-order valence-corrected chi connectivity index (χ0v) is 10.1. The van der Waals surface area contributed by atoms with Crippen molar-refractivity contribution < 1.29 is 9.53 Å². The van der Waals surface area contributed by atoms with E-state index >= 15 is 0 Å². The highest BCUT2D eigenvalue weighted by atomic mass is 16.6. The van der Waals surface area contributed by atoms with Crippen molar-refractivity contribution in [3.63, 3.8) is 0 Å². The summed E-state index contributed by atoms with van der Waals surface area (Å²) >= 11 is 0. The molecule has 3 heteroatoms. The lowest BCUT2D eigenvalue weighted by Crippen LogP contribution is -2.27. The predicted molar refractivity (Wildman–Crippen MR) is 63.8 cm³/mol. The molecule has 88 valence electrons. The van der Waals surface area contributed by atoms with Crippen LogP contribution in [0.1, 0.15) is 26.7 Å². The Bertz CT molecular complexity index is 321. The van der Waals surface area contributed by atoms with Crippen LogP contribution in [-0.4, -0.2) is 36.1 Å². The molecule has 3 nitrogen and oxygen atoms in total.